The molecule has 1 saturated heterocycles. The number of ether oxygens (including phenoxy) is 1. The highest BCUT2D eigenvalue weighted by atomic mass is 35.5. The van der Waals surface area contributed by atoms with Crippen molar-refractivity contribution in [1.29, 1.82) is 0 Å². The van der Waals surface area contributed by atoms with Crippen LogP contribution in [0.15, 0.2) is 0 Å². The van der Waals surface area contributed by atoms with Crippen molar-refractivity contribution >= 4 is 11.6 Å². The van der Waals surface area contributed by atoms with Crippen molar-refractivity contribution in [3.8, 4) is 0 Å². The van der Waals surface area contributed by atoms with E-state index in [-0.39, 0.29) is 12.0 Å². The molecule has 0 spiro atoms. The average molecular weight is 153 g/mol. The van der Waals surface area contributed by atoms with Gasteiger partial charge in [0.1, 0.15) is 12.3 Å². The smallest absolute Gasteiger partial charge is 0.127 e. The van der Waals surface area contributed by atoms with Gasteiger partial charge in [0.2, 0.25) is 0 Å². The largest absolute Gasteiger partial charge is 0.374 e. The predicted molar refractivity (Wildman–Crippen MR) is 34.6 cm³/mol. The lowest BCUT2D eigenvalue weighted by Crippen LogP contribution is -2.32. The molecule has 0 aliphatic carbocycles. The Balaban J connectivity index is 2.30. The fourth-order valence-electron chi connectivity index (χ4n) is 0.945. The van der Waals surface area contributed by atoms with E-state index >= 15 is 0 Å². The molecule has 0 aromatic rings. The van der Waals surface area contributed by atoms with Crippen LogP contribution in [0.5, 0.6) is 0 Å². The lowest BCUT2D eigenvalue weighted by molar-refractivity contribution is -0.0261. The van der Waals surface area contributed by atoms with E-state index in [2.05, 4.69) is 0 Å². The molecule has 1 fully saturated rings. The van der Waals surface area contributed by atoms with Crippen LogP contribution in [-0.2, 0) is 4.74 Å². The SMILES string of the molecule is F[C@@H]1CCCO[C@@H]1CCl. The van der Waals surface area contributed by atoms with Gasteiger partial charge in [0.25, 0.3) is 0 Å². The maximum Gasteiger partial charge on any atom is 0.127 e. The zero-order chi connectivity index (χ0) is 6.69. The molecule has 1 nitrogen and oxygen atoms in total. The lowest BCUT2D eigenvalue weighted by atomic mass is 10.1. The van der Waals surface area contributed by atoms with Crippen LogP contribution in [0.25, 0.3) is 0 Å². The van der Waals surface area contributed by atoms with E-state index in [4.69, 9.17) is 16.3 Å². The fourth-order valence-corrected chi connectivity index (χ4v) is 1.23. The van der Waals surface area contributed by atoms with Crippen molar-refractivity contribution in [3.63, 3.8) is 0 Å². The standard InChI is InChI=1S/C6H10ClFO/c7-4-6-5(8)2-1-3-9-6/h5-6H,1-4H2/t5-,6-/m1/s1. The van der Waals surface area contributed by atoms with Crippen molar-refractivity contribution in [3.05, 3.63) is 0 Å². The van der Waals surface area contributed by atoms with Crippen LogP contribution >= 0.6 is 11.6 Å². The summed E-state index contributed by atoms with van der Waals surface area (Å²) in [4.78, 5) is 0. The summed E-state index contributed by atoms with van der Waals surface area (Å²) in [5, 5.41) is 0. The van der Waals surface area contributed by atoms with Gasteiger partial charge in [-0.1, -0.05) is 0 Å². The molecule has 0 saturated carbocycles. The van der Waals surface area contributed by atoms with E-state index in [1.807, 2.05) is 0 Å². The average Bonchev–Trinajstić information content (AvgIpc) is 1.89. The summed E-state index contributed by atoms with van der Waals surface area (Å²) in [6, 6.07) is 0. The maximum atomic E-state index is 12.6. The summed E-state index contributed by atoms with van der Waals surface area (Å²) in [5.41, 5.74) is 0. The van der Waals surface area contributed by atoms with Crippen molar-refractivity contribution in [2.45, 2.75) is 25.1 Å². The summed E-state index contributed by atoms with van der Waals surface area (Å²) < 4.78 is 17.7. The molecule has 2 atom stereocenters. The number of halogens is 2. The summed E-state index contributed by atoms with van der Waals surface area (Å²) in [6.45, 7) is 0.664. The van der Waals surface area contributed by atoms with Crippen LogP contribution in [-0.4, -0.2) is 24.8 Å². The molecule has 0 bridgehead atoms. The van der Waals surface area contributed by atoms with E-state index in [0.29, 0.717) is 13.0 Å². The highest BCUT2D eigenvalue weighted by Gasteiger charge is 2.23. The normalized spacial score (nSPS) is 36.7. The van der Waals surface area contributed by atoms with Crippen molar-refractivity contribution in [2.75, 3.05) is 12.5 Å². The first-order chi connectivity index (χ1) is 4.34. The van der Waals surface area contributed by atoms with Gasteiger partial charge in [-0.2, -0.15) is 0 Å². The Morgan fingerprint density at radius 3 is 2.89 bits per heavy atom. The van der Waals surface area contributed by atoms with Gasteiger partial charge in [0.15, 0.2) is 0 Å². The number of rotatable bonds is 1. The first kappa shape index (κ1) is 7.29. The third kappa shape index (κ3) is 1.80. The second-order valence-electron chi connectivity index (χ2n) is 2.22. The van der Waals surface area contributed by atoms with Gasteiger partial charge in [0, 0.05) is 6.61 Å². The first-order valence-electron chi connectivity index (χ1n) is 3.16. The predicted octanol–water partition coefficient (Wildman–Crippen LogP) is 1.74. The third-order valence-electron chi connectivity index (χ3n) is 1.51. The first-order valence-corrected chi connectivity index (χ1v) is 3.69. The molecule has 0 unspecified atom stereocenters. The lowest BCUT2D eigenvalue weighted by Gasteiger charge is -2.24. The van der Waals surface area contributed by atoms with E-state index in [1.54, 1.807) is 0 Å². The zero-order valence-electron chi connectivity index (χ0n) is 5.15. The highest BCUT2D eigenvalue weighted by molar-refractivity contribution is 6.18. The van der Waals surface area contributed by atoms with E-state index in [9.17, 15) is 4.39 Å². The minimum absolute atomic E-state index is 0.279. The summed E-state index contributed by atoms with van der Waals surface area (Å²) in [6.07, 6.45) is 0.253. The van der Waals surface area contributed by atoms with Crippen LogP contribution < -0.4 is 0 Å². The molecule has 0 aromatic heterocycles. The summed E-state index contributed by atoms with van der Waals surface area (Å²) in [5.74, 6) is 0.279. The van der Waals surface area contributed by atoms with Crippen molar-refractivity contribution < 1.29 is 9.13 Å². The van der Waals surface area contributed by atoms with Crippen LogP contribution in [0.1, 0.15) is 12.8 Å². The summed E-state index contributed by atoms with van der Waals surface area (Å²) in [7, 11) is 0. The monoisotopic (exact) mass is 152 g/mol. The molecular formula is C6H10ClFO. The van der Waals surface area contributed by atoms with Gasteiger partial charge < -0.3 is 4.74 Å². The quantitative estimate of drug-likeness (QED) is 0.520. The van der Waals surface area contributed by atoms with E-state index in [0.717, 1.165) is 6.42 Å². The molecule has 0 N–H and O–H groups in total. The second-order valence-corrected chi connectivity index (χ2v) is 2.53. The Labute approximate surface area is 59.1 Å². The fraction of sp³-hybridized carbons (Fsp3) is 1.00. The van der Waals surface area contributed by atoms with Crippen LogP contribution in [0, 0.1) is 0 Å². The molecule has 1 aliphatic rings. The maximum absolute atomic E-state index is 12.6. The van der Waals surface area contributed by atoms with Gasteiger partial charge in [-0.3, -0.25) is 0 Å². The van der Waals surface area contributed by atoms with Crippen LogP contribution in [0.3, 0.4) is 0 Å². The Morgan fingerprint density at radius 2 is 2.44 bits per heavy atom. The van der Waals surface area contributed by atoms with Gasteiger partial charge in [0.05, 0.1) is 5.88 Å². The Morgan fingerprint density at radius 1 is 1.67 bits per heavy atom. The molecule has 1 rings (SSSR count). The number of hydrogen-bond acceptors (Lipinski definition) is 1. The van der Waals surface area contributed by atoms with Crippen LogP contribution in [0.2, 0.25) is 0 Å². The van der Waals surface area contributed by atoms with Gasteiger partial charge >= 0.3 is 0 Å². The minimum atomic E-state index is -0.837. The topological polar surface area (TPSA) is 9.23 Å². The van der Waals surface area contributed by atoms with E-state index in [1.165, 1.54) is 0 Å². The van der Waals surface area contributed by atoms with Gasteiger partial charge in [-0.25, -0.2) is 4.39 Å². The Hall–Kier alpha value is 0.180. The second kappa shape index (κ2) is 3.37. The Bertz CT molecular complexity index is 89.1. The molecular weight excluding hydrogens is 143 g/mol. The third-order valence-corrected chi connectivity index (χ3v) is 1.82. The molecule has 0 radical (unpaired) electrons. The molecule has 54 valence electrons. The van der Waals surface area contributed by atoms with Crippen molar-refractivity contribution in [1.82, 2.24) is 0 Å². The highest BCUT2D eigenvalue weighted by Crippen LogP contribution is 2.17. The molecule has 1 aliphatic heterocycles. The van der Waals surface area contributed by atoms with Gasteiger partial charge in [-0.05, 0) is 12.8 Å². The number of hydrogen-bond donors (Lipinski definition) is 0. The van der Waals surface area contributed by atoms with E-state index < -0.39 is 6.17 Å². The molecule has 0 aromatic carbocycles. The Kier molecular flexibility index (Phi) is 2.73. The van der Waals surface area contributed by atoms with Crippen LogP contribution in [0.4, 0.5) is 4.39 Å². The molecule has 9 heavy (non-hydrogen) atoms. The minimum Gasteiger partial charge on any atom is -0.374 e. The number of alkyl halides is 2. The summed E-state index contributed by atoms with van der Waals surface area (Å²) >= 11 is 5.41. The molecule has 3 heteroatoms. The van der Waals surface area contributed by atoms with Gasteiger partial charge in [-0.15, -0.1) is 11.6 Å². The zero-order valence-corrected chi connectivity index (χ0v) is 5.90. The molecule has 1 heterocycles. The molecule has 0 amide bonds. The van der Waals surface area contributed by atoms with Crippen molar-refractivity contribution in [2.24, 2.45) is 0 Å².